The van der Waals surface area contributed by atoms with Gasteiger partial charge in [0.05, 0.1) is 10.3 Å². The molecule has 0 spiro atoms. The third-order valence-electron chi connectivity index (χ3n) is 1.70. The lowest BCUT2D eigenvalue weighted by atomic mass is 10.4. The lowest BCUT2D eigenvalue weighted by molar-refractivity contribution is -0.115. The van der Waals surface area contributed by atoms with Crippen molar-refractivity contribution in [3.8, 4) is 0 Å². The highest BCUT2D eigenvalue weighted by atomic mass is 35.5. The molecule has 1 aromatic rings. The zero-order valence-corrected chi connectivity index (χ0v) is 9.52. The van der Waals surface area contributed by atoms with Crippen LogP contribution in [0.25, 0.3) is 0 Å². The standard InChI is InChI=1S/C9H11ClN2OS/c1-6(14-2)9(13)12-8-4-3-7(10)5-11-8/h3-6H,1-2H3,(H,11,12,13)/t6-/m0/s1. The molecule has 0 radical (unpaired) electrons. The molecule has 1 amide bonds. The van der Waals surface area contributed by atoms with Crippen LogP contribution in [0.2, 0.25) is 5.02 Å². The van der Waals surface area contributed by atoms with Crippen LogP contribution in [0.4, 0.5) is 5.82 Å². The largest absolute Gasteiger partial charge is 0.310 e. The second-order valence-electron chi connectivity index (χ2n) is 2.73. The molecule has 0 saturated heterocycles. The second kappa shape index (κ2) is 5.22. The highest BCUT2D eigenvalue weighted by molar-refractivity contribution is 7.99. The maximum Gasteiger partial charge on any atom is 0.238 e. The number of aromatic nitrogens is 1. The maximum atomic E-state index is 11.4. The molecule has 0 saturated carbocycles. The number of anilines is 1. The predicted molar refractivity (Wildman–Crippen MR) is 60.9 cm³/mol. The van der Waals surface area contributed by atoms with Gasteiger partial charge in [-0.3, -0.25) is 4.79 Å². The Bertz CT molecular complexity index is 315. The van der Waals surface area contributed by atoms with E-state index in [1.165, 1.54) is 18.0 Å². The highest BCUT2D eigenvalue weighted by Gasteiger charge is 2.11. The molecule has 1 rings (SSSR count). The van der Waals surface area contributed by atoms with Crippen LogP contribution in [-0.2, 0) is 4.79 Å². The fraction of sp³-hybridized carbons (Fsp3) is 0.333. The van der Waals surface area contributed by atoms with Gasteiger partial charge in [-0.2, -0.15) is 11.8 Å². The molecule has 0 aliphatic rings. The zero-order valence-electron chi connectivity index (χ0n) is 7.95. The highest BCUT2D eigenvalue weighted by Crippen LogP contribution is 2.12. The summed E-state index contributed by atoms with van der Waals surface area (Å²) in [5, 5.41) is 3.17. The zero-order chi connectivity index (χ0) is 10.6. The van der Waals surface area contributed by atoms with Gasteiger partial charge in [0.2, 0.25) is 5.91 Å². The van der Waals surface area contributed by atoms with Crippen LogP contribution < -0.4 is 5.32 Å². The molecule has 14 heavy (non-hydrogen) atoms. The third-order valence-corrected chi connectivity index (χ3v) is 2.85. The molecule has 0 unspecified atom stereocenters. The van der Waals surface area contributed by atoms with Crippen molar-refractivity contribution in [1.82, 2.24) is 4.98 Å². The van der Waals surface area contributed by atoms with E-state index in [1.807, 2.05) is 13.2 Å². The molecule has 1 aromatic heterocycles. The number of carbonyl (C=O) groups is 1. The molecule has 1 heterocycles. The van der Waals surface area contributed by atoms with Crippen LogP contribution in [0.5, 0.6) is 0 Å². The molecule has 0 aliphatic heterocycles. The summed E-state index contributed by atoms with van der Waals surface area (Å²) >= 11 is 7.15. The summed E-state index contributed by atoms with van der Waals surface area (Å²) in [6.45, 7) is 1.84. The predicted octanol–water partition coefficient (Wildman–Crippen LogP) is 2.42. The van der Waals surface area contributed by atoms with Crippen molar-refractivity contribution in [2.75, 3.05) is 11.6 Å². The number of pyridine rings is 1. The summed E-state index contributed by atoms with van der Waals surface area (Å²) in [5.74, 6) is 0.479. The van der Waals surface area contributed by atoms with Crippen molar-refractivity contribution < 1.29 is 4.79 Å². The maximum absolute atomic E-state index is 11.4. The minimum absolute atomic E-state index is 0.0488. The summed E-state index contributed by atoms with van der Waals surface area (Å²) < 4.78 is 0. The van der Waals surface area contributed by atoms with Gasteiger partial charge < -0.3 is 5.32 Å². The number of hydrogen-bond acceptors (Lipinski definition) is 3. The van der Waals surface area contributed by atoms with Crippen molar-refractivity contribution >= 4 is 35.1 Å². The number of halogens is 1. The van der Waals surface area contributed by atoms with Crippen molar-refractivity contribution in [1.29, 1.82) is 0 Å². The Morgan fingerprint density at radius 2 is 2.36 bits per heavy atom. The van der Waals surface area contributed by atoms with E-state index in [0.717, 1.165) is 0 Å². The summed E-state index contributed by atoms with van der Waals surface area (Å²) in [6, 6.07) is 3.36. The molecular weight excluding hydrogens is 220 g/mol. The molecule has 5 heteroatoms. The average Bonchev–Trinajstić information content (AvgIpc) is 2.20. The van der Waals surface area contributed by atoms with Gasteiger partial charge in [-0.15, -0.1) is 0 Å². The first kappa shape index (κ1) is 11.3. The Balaban J connectivity index is 2.60. The lowest BCUT2D eigenvalue weighted by Gasteiger charge is -2.08. The fourth-order valence-electron chi connectivity index (χ4n) is 0.785. The molecule has 1 N–H and O–H groups in total. The van der Waals surface area contributed by atoms with Gasteiger partial charge in [-0.25, -0.2) is 4.98 Å². The molecule has 1 atom stereocenters. The summed E-state index contributed by atoms with van der Waals surface area (Å²) in [4.78, 5) is 15.4. The number of amides is 1. The first-order valence-electron chi connectivity index (χ1n) is 4.08. The number of nitrogens with zero attached hydrogens (tertiary/aromatic N) is 1. The molecule has 76 valence electrons. The fourth-order valence-corrected chi connectivity index (χ4v) is 1.17. The first-order valence-corrected chi connectivity index (χ1v) is 5.75. The van der Waals surface area contributed by atoms with E-state index < -0.39 is 0 Å². The summed E-state index contributed by atoms with van der Waals surface area (Å²) in [6.07, 6.45) is 3.39. The van der Waals surface area contributed by atoms with E-state index in [-0.39, 0.29) is 11.2 Å². The molecular formula is C9H11ClN2OS. The Morgan fingerprint density at radius 1 is 1.64 bits per heavy atom. The average molecular weight is 231 g/mol. The van der Waals surface area contributed by atoms with Crippen LogP contribution in [0, 0.1) is 0 Å². The Kier molecular flexibility index (Phi) is 4.22. The monoisotopic (exact) mass is 230 g/mol. The molecule has 0 aromatic carbocycles. The van der Waals surface area contributed by atoms with E-state index in [9.17, 15) is 4.79 Å². The molecule has 0 bridgehead atoms. The number of thioether (sulfide) groups is 1. The van der Waals surface area contributed by atoms with Gasteiger partial charge in [0.15, 0.2) is 0 Å². The van der Waals surface area contributed by atoms with Gasteiger partial charge in [-0.1, -0.05) is 11.6 Å². The van der Waals surface area contributed by atoms with E-state index in [0.29, 0.717) is 10.8 Å². The summed E-state index contributed by atoms with van der Waals surface area (Å²) in [5.41, 5.74) is 0. The second-order valence-corrected chi connectivity index (χ2v) is 4.34. The van der Waals surface area contributed by atoms with E-state index in [1.54, 1.807) is 12.1 Å². The molecule has 0 fully saturated rings. The van der Waals surface area contributed by atoms with Crippen molar-refractivity contribution in [2.45, 2.75) is 12.2 Å². The number of rotatable bonds is 3. The number of nitrogens with one attached hydrogen (secondary N) is 1. The van der Waals surface area contributed by atoms with E-state index in [2.05, 4.69) is 10.3 Å². The first-order chi connectivity index (χ1) is 6.63. The Hall–Kier alpha value is -0.740. The minimum Gasteiger partial charge on any atom is -0.310 e. The van der Waals surface area contributed by atoms with Crippen molar-refractivity contribution in [2.24, 2.45) is 0 Å². The number of hydrogen-bond donors (Lipinski definition) is 1. The molecule has 0 aliphatic carbocycles. The topological polar surface area (TPSA) is 42.0 Å². The lowest BCUT2D eigenvalue weighted by Crippen LogP contribution is -2.22. The van der Waals surface area contributed by atoms with E-state index >= 15 is 0 Å². The van der Waals surface area contributed by atoms with Gasteiger partial charge in [-0.05, 0) is 25.3 Å². The van der Waals surface area contributed by atoms with Crippen molar-refractivity contribution in [3.05, 3.63) is 23.4 Å². The summed E-state index contributed by atoms with van der Waals surface area (Å²) in [7, 11) is 0. The quantitative estimate of drug-likeness (QED) is 0.867. The number of carbonyl (C=O) groups excluding carboxylic acids is 1. The third kappa shape index (κ3) is 3.20. The van der Waals surface area contributed by atoms with Crippen LogP contribution in [0.15, 0.2) is 18.3 Å². The minimum atomic E-state index is -0.0764. The van der Waals surface area contributed by atoms with Crippen molar-refractivity contribution in [3.63, 3.8) is 0 Å². The van der Waals surface area contributed by atoms with Crippen LogP contribution in [0.1, 0.15) is 6.92 Å². The van der Waals surface area contributed by atoms with Gasteiger partial charge >= 0.3 is 0 Å². The van der Waals surface area contributed by atoms with Crippen LogP contribution in [0.3, 0.4) is 0 Å². The van der Waals surface area contributed by atoms with Gasteiger partial charge in [0.25, 0.3) is 0 Å². The van der Waals surface area contributed by atoms with Crippen LogP contribution in [-0.4, -0.2) is 22.4 Å². The Labute approximate surface area is 92.2 Å². The van der Waals surface area contributed by atoms with E-state index in [4.69, 9.17) is 11.6 Å². The van der Waals surface area contributed by atoms with Gasteiger partial charge in [0.1, 0.15) is 5.82 Å². The SMILES string of the molecule is CS[C@@H](C)C(=O)Nc1ccc(Cl)cn1. The van der Waals surface area contributed by atoms with Crippen LogP contribution >= 0.6 is 23.4 Å². The Morgan fingerprint density at radius 3 is 2.86 bits per heavy atom. The normalized spacial score (nSPS) is 12.2. The smallest absolute Gasteiger partial charge is 0.238 e. The molecule has 3 nitrogen and oxygen atoms in total. The van der Waals surface area contributed by atoms with Gasteiger partial charge in [0, 0.05) is 6.20 Å².